The Bertz CT molecular complexity index is 203. The molecule has 0 fully saturated rings. The summed E-state index contributed by atoms with van der Waals surface area (Å²) in [5.74, 6) is 0. The molecule has 0 saturated carbocycles. The summed E-state index contributed by atoms with van der Waals surface area (Å²) in [7, 11) is 0. The molecule has 10 heavy (non-hydrogen) atoms. The molecule has 56 valence electrons. The molecule has 0 unspecified atom stereocenters. The topological polar surface area (TPSA) is 24.9 Å². The molecular weight excluding hydrogens is 175 g/mol. The van der Waals surface area contributed by atoms with Crippen LogP contribution >= 0.6 is 22.9 Å². The summed E-state index contributed by atoms with van der Waals surface area (Å²) in [6.07, 6.45) is 0. The minimum Gasteiger partial charge on any atom is -0.359 e. The standard InChI is InChI=1S/C5H6ClFN2S/c6-4-3-10-5(9-4)8-2-1-7/h3H,1-2H2,(H,8,9). The third-order valence-electron chi connectivity index (χ3n) is 0.847. The van der Waals surface area contributed by atoms with Gasteiger partial charge in [-0.25, -0.2) is 9.37 Å². The van der Waals surface area contributed by atoms with E-state index in [2.05, 4.69) is 10.3 Å². The number of hydrogen-bond acceptors (Lipinski definition) is 3. The molecule has 1 aromatic heterocycles. The number of hydrogen-bond donors (Lipinski definition) is 1. The number of halogens is 2. The SMILES string of the molecule is FCCNc1nc(Cl)cs1. The fraction of sp³-hybridized carbons (Fsp3) is 0.400. The summed E-state index contributed by atoms with van der Waals surface area (Å²) in [5.41, 5.74) is 0. The van der Waals surface area contributed by atoms with Crippen LogP contribution in [-0.4, -0.2) is 18.2 Å². The van der Waals surface area contributed by atoms with Gasteiger partial charge in [0.1, 0.15) is 11.8 Å². The molecule has 0 saturated heterocycles. The number of nitrogens with one attached hydrogen (secondary N) is 1. The molecule has 0 aliphatic heterocycles. The number of rotatable bonds is 3. The van der Waals surface area contributed by atoms with E-state index in [1.807, 2.05) is 0 Å². The van der Waals surface area contributed by atoms with Gasteiger partial charge in [0.15, 0.2) is 5.13 Å². The molecule has 0 aromatic carbocycles. The minimum absolute atomic E-state index is 0.295. The highest BCUT2D eigenvalue weighted by molar-refractivity contribution is 7.14. The summed E-state index contributed by atoms with van der Waals surface area (Å²) in [5, 5.41) is 5.58. The van der Waals surface area contributed by atoms with Gasteiger partial charge in [0, 0.05) is 11.9 Å². The summed E-state index contributed by atoms with van der Waals surface area (Å²) in [6.45, 7) is -0.0962. The highest BCUT2D eigenvalue weighted by Crippen LogP contribution is 2.18. The summed E-state index contributed by atoms with van der Waals surface area (Å²) < 4.78 is 11.6. The average molecular weight is 181 g/mol. The number of thiazole rings is 1. The first-order valence-corrected chi connectivity index (χ1v) is 3.99. The fourth-order valence-corrected chi connectivity index (χ4v) is 1.36. The molecule has 0 aliphatic carbocycles. The molecule has 0 amide bonds. The van der Waals surface area contributed by atoms with Crippen molar-refractivity contribution in [2.24, 2.45) is 0 Å². The van der Waals surface area contributed by atoms with Crippen LogP contribution in [0.25, 0.3) is 0 Å². The Morgan fingerprint density at radius 2 is 2.60 bits per heavy atom. The average Bonchev–Trinajstić information content (AvgIpc) is 2.31. The van der Waals surface area contributed by atoms with Crippen molar-refractivity contribution >= 4 is 28.1 Å². The van der Waals surface area contributed by atoms with Crippen molar-refractivity contribution in [1.29, 1.82) is 0 Å². The van der Waals surface area contributed by atoms with Gasteiger partial charge in [0.05, 0.1) is 0 Å². The van der Waals surface area contributed by atoms with Crippen LogP contribution in [0.15, 0.2) is 5.38 Å². The van der Waals surface area contributed by atoms with E-state index in [1.54, 1.807) is 5.38 Å². The maximum Gasteiger partial charge on any atom is 0.184 e. The van der Waals surface area contributed by atoms with Crippen molar-refractivity contribution in [1.82, 2.24) is 4.98 Å². The Morgan fingerprint density at radius 3 is 3.10 bits per heavy atom. The van der Waals surface area contributed by atoms with E-state index in [0.29, 0.717) is 16.8 Å². The van der Waals surface area contributed by atoms with Crippen LogP contribution in [0, 0.1) is 0 Å². The van der Waals surface area contributed by atoms with Gasteiger partial charge >= 0.3 is 0 Å². The first kappa shape index (κ1) is 7.75. The molecule has 1 heterocycles. The lowest BCUT2D eigenvalue weighted by Gasteiger charge is -1.94. The number of alkyl halides is 1. The molecule has 0 spiro atoms. The Morgan fingerprint density at radius 1 is 1.80 bits per heavy atom. The predicted octanol–water partition coefficient (Wildman–Crippen LogP) is 2.18. The number of aromatic nitrogens is 1. The van der Waals surface area contributed by atoms with Crippen LogP contribution in [0.3, 0.4) is 0 Å². The maximum atomic E-state index is 11.6. The van der Waals surface area contributed by atoms with Gasteiger partial charge in [0.25, 0.3) is 0 Å². The Hall–Kier alpha value is -0.350. The van der Waals surface area contributed by atoms with Crippen molar-refractivity contribution in [2.75, 3.05) is 18.5 Å². The van der Waals surface area contributed by atoms with Gasteiger partial charge in [-0.2, -0.15) is 0 Å². The van der Waals surface area contributed by atoms with Gasteiger partial charge in [0.2, 0.25) is 0 Å². The van der Waals surface area contributed by atoms with Crippen LogP contribution < -0.4 is 5.32 Å². The normalized spacial score (nSPS) is 9.80. The Kier molecular flexibility index (Phi) is 2.89. The molecule has 0 bridgehead atoms. The fourth-order valence-electron chi connectivity index (χ4n) is 0.490. The third kappa shape index (κ3) is 2.11. The monoisotopic (exact) mass is 180 g/mol. The zero-order chi connectivity index (χ0) is 7.40. The second-order valence-corrected chi connectivity index (χ2v) is 2.84. The molecule has 2 nitrogen and oxygen atoms in total. The second-order valence-electron chi connectivity index (χ2n) is 1.59. The quantitative estimate of drug-likeness (QED) is 0.772. The first-order valence-electron chi connectivity index (χ1n) is 2.74. The van der Waals surface area contributed by atoms with Gasteiger partial charge in [-0.3, -0.25) is 0 Å². The van der Waals surface area contributed by atoms with E-state index in [-0.39, 0.29) is 0 Å². The molecular formula is C5H6ClFN2S. The molecule has 1 N–H and O–H groups in total. The van der Waals surface area contributed by atoms with Crippen molar-refractivity contribution in [3.05, 3.63) is 10.5 Å². The first-order chi connectivity index (χ1) is 4.83. The zero-order valence-electron chi connectivity index (χ0n) is 5.10. The Balaban J connectivity index is 2.42. The highest BCUT2D eigenvalue weighted by Gasteiger charge is 1.96. The van der Waals surface area contributed by atoms with Gasteiger partial charge in [-0.05, 0) is 0 Å². The second kappa shape index (κ2) is 3.73. The zero-order valence-corrected chi connectivity index (χ0v) is 6.68. The van der Waals surface area contributed by atoms with Crippen molar-refractivity contribution < 1.29 is 4.39 Å². The van der Waals surface area contributed by atoms with E-state index >= 15 is 0 Å². The van der Waals surface area contributed by atoms with E-state index in [4.69, 9.17) is 11.6 Å². The van der Waals surface area contributed by atoms with E-state index in [9.17, 15) is 4.39 Å². The molecule has 0 aliphatic rings. The van der Waals surface area contributed by atoms with Gasteiger partial charge in [-0.15, -0.1) is 11.3 Å². The number of nitrogens with zero attached hydrogens (tertiary/aromatic N) is 1. The molecule has 0 atom stereocenters. The van der Waals surface area contributed by atoms with Crippen molar-refractivity contribution in [3.8, 4) is 0 Å². The molecule has 1 rings (SSSR count). The lowest BCUT2D eigenvalue weighted by molar-refractivity contribution is 0.512. The lowest BCUT2D eigenvalue weighted by atomic mass is 10.7. The number of anilines is 1. The minimum atomic E-state index is -0.392. The van der Waals surface area contributed by atoms with E-state index < -0.39 is 6.67 Å². The van der Waals surface area contributed by atoms with Crippen molar-refractivity contribution in [2.45, 2.75) is 0 Å². The lowest BCUT2D eigenvalue weighted by Crippen LogP contribution is -2.01. The van der Waals surface area contributed by atoms with Gasteiger partial charge in [-0.1, -0.05) is 11.6 Å². The van der Waals surface area contributed by atoms with Crippen LogP contribution in [0.2, 0.25) is 5.15 Å². The summed E-state index contributed by atoms with van der Waals surface area (Å²) >= 11 is 6.87. The summed E-state index contributed by atoms with van der Waals surface area (Å²) in [6, 6.07) is 0. The van der Waals surface area contributed by atoms with Crippen LogP contribution in [-0.2, 0) is 0 Å². The van der Waals surface area contributed by atoms with Crippen LogP contribution in [0.1, 0.15) is 0 Å². The van der Waals surface area contributed by atoms with Crippen LogP contribution in [0.5, 0.6) is 0 Å². The Labute approximate surface area is 67.0 Å². The van der Waals surface area contributed by atoms with Crippen molar-refractivity contribution in [3.63, 3.8) is 0 Å². The summed E-state index contributed by atoms with van der Waals surface area (Å²) in [4.78, 5) is 3.85. The smallest absolute Gasteiger partial charge is 0.184 e. The predicted molar refractivity (Wildman–Crippen MR) is 41.6 cm³/mol. The molecule has 5 heteroatoms. The highest BCUT2D eigenvalue weighted by atomic mass is 35.5. The van der Waals surface area contributed by atoms with Gasteiger partial charge < -0.3 is 5.32 Å². The molecule has 0 radical (unpaired) electrons. The van der Waals surface area contributed by atoms with E-state index in [1.165, 1.54) is 11.3 Å². The van der Waals surface area contributed by atoms with Crippen LogP contribution in [0.4, 0.5) is 9.52 Å². The molecule has 1 aromatic rings. The third-order valence-corrected chi connectivity index (χ3v) is 1.97. The largest absolute Gasteiger partial charge is 0.359 e. The maximum absolute atomic E-state index is 11.6. The van der Waals surface area contributed by atoms with E-state index in [0.717, 1.165) is 0 Å².